The average molecular weight is 1420 g/mol. The fraction of sp³-hybridized carbons (Fsp3) is 0.955. The number of esters is 2. The second-order valence-electron chi connectivity index (χ2n) is 32.3. The summed E-state index contributed by atoms with van der Waals surface area (Å²) in [6.07, 6.45) is 104. The summed E-state index contributed by atoms with van der Waals surface area (Å²) >= 11 is 0. The van der Waals surface area contributed by atoms with Crippen LogP contribution in [0.5, 0.6) is 0 Å². The molecule has 0 heterocycles. The summed E-state index contributed by atoms with van der Waals surface area (Å²) in [5.74, 6) is -0.799. The molecule has 0 saturated carbocycles. The van der Waals surface area contributed by atoms with Gasteiger partial charge in [-0.3, -0.25) is 14.2 Å². The molecule has 0 saturated heterocycles. The van der Waals surface area contributed by atoms with Crippen LogP contribution in [0.1, 0.15) is 495 Å². The fourth-order valence-corrected chi connectivity index (χ4v) is 14.9. The van der Waals surface area contributed by atoms with Gasteiger partial charge >= 0.3 is 11.9 Å². The van der Waals surface area contributed by atoms with Crippen LogP contribution in [-0.4, -0.2) is 70.0 Å². The first-order valence-electron chi connectivity index (χ1n) is 44.9. The smallest absolute Gasteiger partial charge is 0.306 e. The van der Waals surface area contributed by atoms with E-state index >= 15 is 0 Å². The molecule has 0 radical (unpaired) electrons. The third-order valence-corrected chi connectivity index (χ3v) is 22.0. The molecule has 590 valence electrons. The lowest BCUT2D eigenvalue weighted by Crippen LogP contribution is -2.37. The van der Waals surface area contributed by atoms with E-state index in [1.165, 1.54) is 430 Å². The summed E-state index contributed by atoms with van der Waals surface area (Å²) in [6, 6.07) is 0. The van der Waals surface area contributed by atoms with Gasteiger partial charge in [0, 0.05) is 12.8 Å². The third kappa shape index (κ3) is 85.6. The summed E-state index contributed by atoms with van der Waals surface area (Å²) in [4.78, 5) is 38.2. The number of rotatable bonds is 86. The normalized spacial score (nSPS) is 12.9. The van der Waals surface area contributed by atoms with Gasteiger partial charge in [-0.2, -0.15) is 0 Å². The number of quaternary nitrogens is 1. The molecule has 0 bridgehead atoms. The van der Waals surface area contributed by atoms with Crippen molar-refractivity contribution in [1.82, 2.24) is 0 Å². The van der Waals surface area contributed by atoms with Crippen molar-refractivity contribution in [2.45, 2.75) is 502 Å². The molecule has 0 fully saturated rings. The average Bonchev–Trinajstić information content (AvgIpc) is 0.987. The number of likely N-dealkylation sites (N-methyl/N-ethyl adjacent to an activating group) is 1. The summed E-state index contributed by atoms with van der Waals surface area (Å²) in [7, 11) is 1.20. The highest BCUT2D eigenvalue weighted by atomic mass is 31.2. The number of ether oxygens (including phenoxy) is 2. The van der Waals surface area contributed by atoms with Crippen molar-refractivity contribution in [2.75, 3.05) is 47.5 Å². The molecule has 0 amide bonds. The summed E-state index contributed by atoms with van der Waals surface area (Å²) in [5.41, 5.74) is 0. The molecule has 0 spiro atoms. The maximum Gasteiger partial charge on any atom is 0.306 e. The number of hydrogen-bond donors (Lipinski definition) is 0. The van der Waals surface area contributed by atoms with E-state index in [0.29, 0.717) is 17.4 Å². The van der Waals surface area contributed by atoms with Gasteiger partial charge in [-0.25, -0.2) is 0 Å². The molecular formula is C89H176NO8P. The lowest BCUT2D eigenvalue weighted by Gasteiger charge is -2.28. The summed E-state index contributed by atoms with van der Waals surface area (Å²) in [5, 5.41) is 0. The lowest BCUT2D eigenvalue weighted by atomic mass is 10.0. The Labute approximate surface area is 619 Å². The fourth-order valence-electron chi connectivity index (χ4n) is 14.2. The predicted octanol–water partition coefficient (Wildman–Crippen LogP) is 29.5. The van der Waals surface area contributed by atoms with Crippen molar-refractivity contribution in [1.29, 1.82) is 0 Å². The molecule has 2 atom stereocenters. The molecule has 0 aliphatic rings. The highest BCUT2D eigenvalue weighted by Gasteiger charge is 2.22. The number of phosphoric acid groups is 1. The van der Waals surface area contributed by atoms with Crippen molar-refractivity contribution >= 4 is 19.8 Å². The first-order chi connectivity index (χ1) is 48.5. The third-order valence-electron chi connectivity index (χ3n) is 21.0. The Morgan fingerprint density at radius 1 is 0.303 bits per heavy atom. The topological polar surface area (TPSA) is 111 Å². The van der Waals surface area contributed by atoms with Gasteiger partial charge in [0.2, 0.25) is 0 Å². The van der Waals surface area contributed by atoms with E-state index in [4.69, 9.17) is 18.5 Å². The Morgan fingerprint density at radius 2 is 0.515 bits per heavy atom. The maximum absolute atomic E-state index is 12.9. The van der Waals surface area contributed by atoms with Crippen LogP contribution in [-0.2, 0) is 32.7 Å². The molecule has 99 heavy (non-hydrogen) atoms. The van der Waals surface area contributed by atoms with Crippen molar-refractivity contribution in [2.24, 2.45) is 0 Å². The number of nitrogens with zero attached hydrogens (tertiary/aromatic N) is 1. The van der Waals surface area contributed by atoms with Crippen LogP contribution in [0.3, 0.4) is 0 Å². The number of phosphoric ester groups is 1. The standard InChI is InChI=1S/C89H176NO8P/c1-6-8-10-12-14-16-18-20-22-24-26-28-30-32-34-36-38-40-42-43-44-45-46-47-48-50-52-54-56-58-60-62-64-66-68-70-72-74-76-78-80-82-89(92)98-87(86-97-99(93,94)96-84-83-90(3,4)5)85-95-88(91)81-79-77-75-73-71-69-67-65-63-61-59-57-55-53-51-49-41-39-37-35-33-31-29-27-25-23-21-19-17-15-13-11-9-7-2/h24,26,87H,6-23,25,27-86H2,1-5H3/b26-24-. The maximum atomic E-state index is 12.9. The molecule has 0 aromatic heterocycles. The van der Waals surface area contributed by atoms with Crippen molar-refractivity contribution in [3.63, 3.8) is 0 Å². The second kappa shape index (κ2) is 80.8. The quantitative estimate of drug-likeness (QED) is 0.0195. The molecule has 2 unspecified atom stereocenters. The van der Waals surface area contributed by atoms with E-state index in [2.05, 4.69) is 26.0 Å². The second-order valence-corrected chi connectivity index (χ2v) is 33.7. The van der Waals surface area contributed by atoms with E-state index < -0.39 is 26.5 Å². The van der Waals surface area contributed by atoms with E-state index in [0.717, 1.165) is 32.1 Å². The van der Waals surface area contributed by atoms with Gasteiger partial charge in [-0.05, 0) is 38.5 Å². The number of allylic oxidation sites excluding steroid dienone is 2. The monoisotopic (exact) mass is 1420 g/mol. The Morgan fingerprint density at radius 3 is 0.747 bits per heavy atom. The summed E-state index contributed by atoms with van der Waals surface area (Å²) in [6.45, 7) is 4.35. The van der Waals surface area contributed by atoms with Gasteiger partial charge in [0.1, 0.15) is 19.8 Å². The van der Waals surface area contributed by atoms with Crippen molar-refractivity contribution < 1.29 is 42.1 Å². The number of unbranched alkanes of at least 4 members (excludes halogenated alkanes) is 70. The minimum absolute atomic E-state index is 0.0251. The van der Waals surface area contributed by atoms with Gasteiger partial charge in [-0.15, -0.1) is 0 Å². The molecule has 0 aromatic rings. The van der Waals surface area contributed by atoms with E-state index in [9.17, 15) is 19.0 Å². The zero-order valence-electron chi connectivity index (χ0n) is 67.8. The lowest BCUT2D eigenvalue weighted by molar-refractivity contribution is -0.870. The van der Waals surface area contributed by atoms with Crippen molar-refractivity contribution in [3.8, 4) is 0 Å². The van der Waals surface area contributed by atoms with Crippen LogP contribution in [0.2, 0.25) is 0 Å². The van der Waals surface area contributed by atoms with Crippen LogP contribution < -0.4 is 4.89 Å². The number of carbonyl (C=O) groups is 2. The minimum Gasteiger partial charge on any atom is -0.756 e. The Bertz CT molecular complexity index is 1670. The van der Waals surface area contributed by atoms with Gasteiger partial charge in [0.15, 0.2) is 6.10 Å². The molecule has 0 aliphatic heterocycles. The zero-order chi connectivity index (χ0) is 71.8. The zero-order valence-corrected chi connectivity index (χ0v) is 68.6. The van der Waals surface area contributed by atoms with Gasteiger partial charge in [-0.1, -0.05) is 456 Å². The van der Waals surface area contributed by atoms with Crippen LogP contribution in [0.25, 0.3) is 0 Å². The molecule has 10 heteroatoms. The van der Waals surface area contributed by atoms with E-state index in [1.807, 2.05) is 21.1 Å². The molecular weight excluding hydrogens is 1240 g/mol. The largest absolute Gasteiger partial charge is 0.756 e. The van der Waals surface area contributed by atoms with E-state index in [1.54, 1.807) is 0 Å². The first-order valence-corrected chi connectivity index (χ1v) is 46.4. The van der Waals surface area contributed by atoms with Crippen LogP contribution in [0.15, 0.2) is 12.2 Å². The van der Waals surface area contributed by atoms with Gasteiger partial charge < -0.3 is 27.9 Å². The molecule has 0 rings (SSSR count). The Balaban J connectivity index is 3.82. The highest BCUT2D eigenvalue weighted by Crippen LogP contribution is 2.38. The molecule has 0 N–H and O–H groups in total. The Hall–Kier alpha value is -1.25. The number of hydrogen-bond acceptors (Lipinski definition) is 8. The van der Waals surface area contributed by atoms with Crippen LogP contribution in [0, 0.1) is 0 Å². The molecule has 9 nitrogen and oxygen atoms in total. The van der Waals surface area contributed by atoms with Crippen LogP contribution >= 0.6 is 7.82 Å². The molecule has 0 aromatic carbocycles. The van der Waals surface area contributed by atoms with Gasteiger partial charge in [0.05, 0.1) is 27.7 Å². The molecule has 0 aliphatic carbocycles. The van der Waals surface area contributed by atoms with Crippen LogP contribution in [0.4, 0.5) is 0 Å². The van der Waals surface area contributed by atoms with Gasteiger partial charge in [0.25, 0.3) is 7.82 Å². The Kier molecular flexibility index (Phi) is 79.8. The number of carbonyl (C=O) groups excluding carboxylic acids is 2. The highest BCUT2D eigenvalue weighted by molar-refractivity contribution is 7.45. The SMILES string of the molecule is CCCCCCCCCC/C=C\CCCCCCCCCCCCCCCCCCCCCCCCCCCCCCCC(=O)OC(COC(=O)CCCCCCCCCCCCCCCCCCCCCCCCCCCCCCCCCCCC)COP(=O)([O-])OCC[N+](C)(C)C. The van der Waals surface area contributed by atoms with Crippen molar-refractivity contribution in [3.05, 3.63) is 12.2 Å². The summed E-state index contributed by atoms with van der Waals surface area (Å²) < 4.78 is 34.5. The predicted molar refractivity (Wildman–Crippen MR) is 430 cm³/mol. The first kappa shape index (κ1) is 97.8. The minimum atomic E-state index is -4.64. The van der Waals surface area contributed by atoms with E-state index in [-0.39, 0.29) is 32.0 Å².